The van der Waals surface area contributed by atoms with E-state index in [1.807, 2.05) is 52.0 Å². The van der Waals surface area contributed by atoms with E-state index in [4.69, 9.17) is 23.1 Å². The number of carbonyl (C=O) groups excluding carboxylic acids is 2. The van der Waals surface area contributed by atoms with Crippen LogP contribution in [0.3, 0.4) is 0 Å². The largest absolute Gasteiger partial charge is 0.311 e. The van der Waals surface area contributed by atoms with Crippen LogP contribution in [0.1, 0.15) is 43.8 Å². The number of nitrogens with two attached hydrogens (primary N) is 2. The first-order chi connectivity index (χ1) is 27.0. The topological polar surface area (TPSA) is 92.7 Å². The SMILES string of the molecule is Cc1ccc(N(CCc2ccc(F)c(F)c2)C(=O)C(N)(c2ccsc2)C(N)(C(=O)N(CCc2ccc(F)c(F)c2)c2ccc(C)c(C)c2)c2ccc(Cl)s2)cc1C. The summed E-state index contributed by atoms with van der Waals surface area (Å²) in [5.41, 5.74) is 16.1. The first kappa shape index (κ1) is 41.8. The van der Waals surface area contributed by atoms with Gasteiger partial charge in [-0.2, -0.15) is 11.3 Å². The van der Waals surface area contributed by atoms with Crippen LogP contribution in [0.2, 0.25) is 4.34 Å². The predicted molar refractivity (Wildman–Crippen MR) is 222 cm³/mol. The summed E-state index contributed by atoms with van der Waals surface area (Å²) in [5.74, 6) is -5.56. The molecule has 0 fully saturated rings. The van der Waals surface area contributed by atoms with Gasteiger partial charge >= 0.3 is 0 Å². The molecule has 2 atom stereocenters. The average Bonchev–Trinajstić information content (AvgIpc) is 3.89. The lowest BCUT2D eigenvalue weighted by Crippen LogP contribution is -2.73. The fraction of sp³-hybridized carbons (Fsp3) is 0.227. The summed E-state index contributed by atoms with van der Waals surface area (Å²) < 4.78 is 56.9. The second-order valence-electron chi connectivity index (χ2n) is 14.2. The second kappa shape index (κ2) is 16.9. The molecular weight excluding hydrogens is 792 g/mol. The van der Waals surface area contributed by atoms with Gasteiger partial charge in [-0.05, 0) is 157 Å². The Morgan fingerprint density at radius 3 is 1.51 bits per heavy atom. The van der Waals surface area contributed by atoms with Crippen molar-refractivity contribution in [3.8, 4) is 0 Å². The summed E-state index contributed by atoms with van der Waals surface area (Å²) in [6.07, 6.45) is 0.180. The van der Waals surface area contributed by atoms with Gasteiger partial charge in [-0.3, -0.25) is 9.59 Å². The van der Waals surface area contributed by atoms with Crippen LogP contribution in [0, 0.1) is 51.0 Å². The maximum absolute atomic E-state index is 15.8. The lowest BCUT2D eigenvalue weighted by atomic mass is 9.70. The smallest absolute Gasteiger partial charge is 0.255 e. The molecule has 57 heavy (non-hydrogen) atoms. The molecule has 4 N–H and O–H groups in total. The molecule has 4 aromatic carbocycles. The highest BCUT2D eigenvalue weighted by Crippen LogP contribution is 2.45. The molecule has 0 aliphatic rings. The van der Waals surface area contributed by atoms with Crippen LogP contribution in [0.25, 0.3) is 0 Å². The number of rotatable bonds is 13. The van der Waals surface area contributed by atoms with E-state index in [0.717, 1.165) is 57.9 Å². The van der Waals surface area contributed by atoms with E-state index in [2.05, 4.69) is 0 Å². The quantitative estimate of drug-likeness (QED) is 0.113. The van der Waals surface area contributed by atoms with Crippen molar-refractivity contribution in [2.75, 3.05) is 22.9 Å². The van der Waals surface area contributed by atoms with E-state index in [9.17, 15) is 17.6 Å². The summed E-state index contributed by atoms with van der Waals surface area (Å²) >= 11 is 8.80. The minimum Gasteiger partial charge on any atom is -0.311 e. The molecule has 0 saturated carbocycles. The van der Waals surface area contributed by atoms with E-state index in [1.54, 1.807) is 41.1 Å². The number of halogens is 5. The summed E-state index contributed by atoms with van der Waals surface area (Å²) in [6, 6.07) is 22.7. The summed E-state index contributed by atoms with van der Waals surface area (Å²) in [4.78, 5) is 34.6. The number of hydrogen-bond acceptors (Lipinski definition) is 6. The molecule has 2 unspecified atom stereocenters. The van der Waals surface area contributed by atoms with E-state index in [1.165, 1.54) is 33.3 Å². The Morgan fingerprint density at radius 2 is 1.11 bits per heavy atom. The Bertz CT molecular complexity index is 2440. The van der Waals surface area contributed by atoms with Crippen LogP contribution in [0.4, 0.5) is 28.9 Å². The molecule has 13 heteroatoms. The Balaban J connectivity index is 1.55. The van der Waals surface area contributed by atoms with Crippen molar-refractivity contribution < 1.29 is 27.2 Å². The van der Waals surface area contributed by atoms with Gasteiger partial charge in [0.2, 0.25) is 0 Å². The highest BCUT2D eigenvalue weighted by Gasteiger charge is 2.62. The van der Waals surface area contributed by atoms with E-state index < -0.39 is 46.2 Å². The molecule has 0 aliphatic carbocycles. The minimum absolute atomic E-state index is 0.0536. The first-order valence-electron chi connectivity index (χ1n) is 18.1. The minimum atomic E-state index is -2.35. The van der Waals surface area contributed by atoms with Crippen LogP contribution in [0.15, 0.2) is 102 Å². The molecule has 0 aliphatic heterocycles. The van der Waals surface area contributed by atoms with Gasteiger partial charge in [0, 0.05) is 29.3 Å². The molecule has 0 radical (unpaired) electrons. The fourth-order valence-corrected chi connectivity index (χ4v) is 8.70. The lowest BCUT2D eigenvalue weighted by molar-refractivity contribution is -0.136. The molecule has 2 heterocycles. The molecule has 6 rings (SSSR count). The van der Waals surface area contributed by atoms with Crippen LogP contribution in [0.5, 0.6) is 0 Å². The number of benzene rings is 4. The predicted octanol–water partition coefficient (Wildman–Crippen LogP) is 9.81. The first-order valence-corrected chi connectivity index (χ1v) is 20.2. The molecule has 0 bridgehead atoms. The standard InChI is InChI=1S/C44H41ClF4N4O2S2/c1-26-5-9-33(21-28(26)3)52(18-15-30-7-11-35(46)37(48)23-30)41(54)43(50,32-17-20-56-25-32)44(51,39-13-14-40(45)57-39)42(55)53(34-10-6-27(2)29(4)22-34)19-16-31-8-12-36(47)38(49)24-31/h5-14,17,20-25H,15-16,18-19,50-51H2,1-4H3. The zero-order valence-corrected chi connectivity index (χ0v) is 34.1. The van der Waals surface area contributed by atoms with Gasteiger partial charge in [-0.15, -0.1) is 11.3 Å². The highest BCUT2D eigenvalue weighted by molar-refractivity contribution is 7.16. The van der Waals surface area contributed by atoms with Gasteiger partial charge in [0.25, 0.3) is 11.8 Å². The summed E-state index contributed by atoms with van der Waals surface area (Å²) in [6.45, 7) is 7.52. The molecule has 0 spiro atoms. The van der Waals surface area contributed by atoms with Gasteiger partial charge < -0.3 is 21.3 Å². The fourth-order valence-electron chi connectivity index (χ4n) is 6.78. The van der Waals surface area contributed by atoms with Crippen LogP contribution in [-0.4, -0.2) is 24.9 Å². The van der Waals surface area contributed by atoms with Crippen LogP contribution < -0.4 is 21.3 Å². The van der Waals surface area contributed by atoms with Crippen LogP contribution in [-0.2, 0) is 33.5 Å². The zero-order valence-electron chi connectivity index (χ0n) is 31.7. The van der Waals surface area contributed by atoms with E-state index in [0.29, 0.717) is 22.5 Å². The molecule has 6 nitrogen and oxygen atoms in total. The molecule has 0 saturated heterocycles. The van der Waals surface area contributed by atoms with E-state index in [-0.39, 0.29) is 40.7 Å². The Labute approximate surface area is 342 Å². The van der Waals surface area contributed by atoms with Crippen molar-refractivity contribution in [1.82, 2.24) is 0 Å². The molecule has 296 valence electrons. The van der Waals surface area contributed by atoms with Crippen LogP contribution >= 0.6 is 34.3 Å². The second-order valence-corrected chi connectivity index (χ2v) is 16.7. The van der Waals surface area contributed by atoms with Gasteiger partial charge in [0.15, 0.2) is 34.3 Å². The van der Waals surface area contributed by atoms with Crippen molar-refractivity contribution in [3.63, 3.8) is 0 Å². The maximum Gasteiger partial charge on any atom is 0.255 e. The number of hydrogen-bond donors (Lipinski definition) is 2. The van der Waals surface area contributed by atoms with Crippen molar-refractivity contribution in [2.45, 2.75) is 51.6 Å². The number of nitrogens with zero attached hydrogens (tertiary/aromatic N) is 2. The molecule has 6 aromatic rings. The number of thiophene rings is 2. The normalized spacial score (nSPS) is 13.5. The molecule has 2 aromatic heterocycles. The zero-order chi connectivity index (χ0) is 41.2. The number of anilines is 2. The van der Waals surface area contributed by atoms with Gasteiger partial charge in [0.05, 0.1) is 4.34 Å². The maximum atomic E-state index is 15.8. The number of aryl methyl sites for hydroxylation is 4. The van der Waals surface area contributed by atoms with Crippen molar-refractivity contribution in [2.24, 2.45) is 11.5 Å². The van der Waals surface area contributed by atoms with Gasteiger partial charge in [-0.25, -0.2) is 17.6 Å². The van der Waals surface area contributed by atoms with Gasteiger partial charge in [0.1, 0.15) is 0 Å². The number of amides is 2. The monoisotopic (exact) mass is 832 g/mol. The van der Waals surface area contributed by atoms with Gasteiger partial charge in [-0.1, -0.05) is 35.9 Å². The Kier molecular flexibility index (Phi) is 12.4. The molecule has 2 amide bonds. The van der Waals surface area contributed by atoms with Crippen molar-refractivity contribution in [1.29, 1.82) is 0 Å². The Morgan fingerprint density at radius 1 is 0.614 bits per heavy atom. The third-order valence-electron chi connectivity index (χ3n) is 10.5. The molecular formula is C44H41ClF4N4O2S2. The Hall–Kier alpha value is -4.85. The number of carbonyl (C=O) groups is 2. The van der Waals surface area contributed by atoms with Crippen molar-refractivity contribution >= 4 is 57.5 Å². The average molecular weight is 833 g/mol. The summed E-state index contributed by atoms with van der Waals surface area (Å²) in [5, 5.41) is 3.39. The third kappa shape index (κ3) is 8.28. The lowest BCUT2D eigenvalue weighted by Gasteiger charge is -2.47. The summed E-state index contributed by atoms with van der Waals surface area (Å²) in [7, 11) is 0. The highest BCUT2D eigenvalue weighted by atomic mass is 35.5. The van der Waals surface area contributed by atoms with E-state index >= 15 is 9.59 Å². The van der Waals surface area contributed by atoms with Crippen molar-refractivity contribution in [3.05, 3.63) is 173 Å². The third-order valence-corrected chi connectivity index (χ3v) is 12.6.